The molecule has 0 fully saturated rings. The van der Waals surface area contributed by atoms with Gasteiger partial charge in [0.05, 0.1) is 6.10 Å². The van der Waals surface area contributed by atoms with Gasteiger partial charge >= 0.3 is 35.8 Å². The standard InChI is InChI=1S/C17H23F13O/c1-2-3-4-5-6-7-8-9-11(31)10-12(18,19)13(20,21)14(22,23)15(24,25)16(26,27)17(28,29)30/h11,31H,2-10H2,1H3. The first-order chi connectivity index (χ1) is 13.7. The quantitative estimate of drug-likeness (QED) is 0.196. The number of alkyl halides is 13. The zero-order valence-electron chi connectivity index (χ0n) is 16.3. The molecule has 0 heterocycles. The van der Waals surface area contributed by atoms with Gasteiger partial charge < -0.3 is 5.11 Å². The SMILES string of the molecule is CCCCCCCCCC(O)CC(F)(F)C(F)(F)C(F)(F)C(F)(F)C(F)(F)C(F)(F)F. The number of hydrogen-bond acceptors (Lipinski definition) is 1. The van der Waals surface area contributed by atoms with Crippen molar-refractivity contribution in [1.29, 1.82) is 0 Å². The Morgan fingerprint density at radius 1 is 0.548 bits per heavy atom. The van der Waals surface area contributed by atoms with Crippen LogP contribution in [-0.2, 0) is 0 Å². The molecule has 0 aliphatic rings. The number of rotatable bonds is 14. The zero-order chi connectivity index (χ0) is 24.9. The molecule has 0 aromatic heterocycles. The van der Waals surface area contributed by atoms with Crippen molar-refractivity contribution < 1.29 is 62.2 Å². The van der Waals surface area contributed by atoms with Crippen LogP contribution in [0.3, 0.4) is 0 Å². The first-order valence-electron chi connectivity index (χ1n) is 9.34. The van der Waals surface area contributed by atoms with Crippen LogP contribution in [0.15, 0.2) is 0 Å². The number of aliphatic hydroxyl groups excluding tert-OH is 1. The fraction of sp³-hybridized carbons (Fsp3) is 1.00. The van der Waals surface area contributed by atoms with Crippen LogP contribution in [0.5, 0.6) is 0 Å². The maximum absolute atomic E-state index is 13.6. The monoisotopic (exact) mass is 490 g/mol. The summed E-state index contributed by atoms with van der Waals surface area (Å²) < 4.78 is 169. The van der Waals surface area contributed by atoms with Crippen LogP contribution in [0, 0.1) is 0 Å². The molecule has 0 amide bonds. The molecule has 0 aromatic rings. The van der Waals surface area contributed by atoms with Crippen molar-refractivity contribution in [3.63, 3.8) is 0 Å². The fourth-order valence-electron chi connectivity index (χ4n) is 2.67. The first kappa shape index (κ1) is 30.0. The topological polar surface area (TPSA) is 20.2 Å². The summed E-state index contributed by atoms with van der Waals surface area (Å²) in [4.78, 5) is 0. The molecule has 1 nitrogen and oxygen atoms in total. The molecule has 0 aromatic carbocycles. The van der Waals surface area contributed by atoms with Gasteiger partial charge in [0.2, 0.25) is 0 Å². The van der Waals surface area contributed by atoms with Gasteiger partial charge in [-0.05, 0) is 6.42 Å². The molecule has 0 rings (SSSR count). The van der Waals surface area contributed by atoms with Gasteiger partial charge in [0.25, 0.3) is 0 Å². The fourth-order valence-corrected chi connectivity index (χ4v) is 2.67. The van der Waals surface area contributed by atoms with E-state index in [1.54, 1.807) is 0 Å². The summed E-state index contributed by atoms with van der Waals surface area (Å²) >= 11 is 0. The van der Waals surface area contributed by atoms with Crippen molar-refractivity contribution in [3.8, 4) is 0 Å². The molecule has 0 saturated carbocycles. The molecule has 1 atom stereocenters. The minimum absolute atomic E-state index is 0.0202. The van der Waals surface area contributed by atoms with Gasteiger partial charge in [-0.25, -0.2) is 0 Å². The molecule has 0 saturated heterocycles. The normalized spacial score (nSPS) is 16.0. The van der Waals surface area contributed by atoms with E-state index < -0.39 is 54.7 Å². The summed E-state index contributed by atoms with van der Waals surface area (Å²) in [6, 6.07) is 0. The Labute approximate surface area is 170 Å². The second-order valence-corrected chi connectivity index (χ2v) is 7.27. The minimum atomic E-state index is -7.91. The molecule has 0 bridgehead atoms. The predicted octanol–water partition coefficient (Wildman–Crippen LogP) is 7.62. The summed E-state index contributed by atoms with van der Waals surface area (Å²) in [6.45, 7) is 1.94. The van der Waals surface area contributed by atoms with Crippen LogP contribution in [0.1, 0.15) is 64.7 Å². The van der Waals surface area contributed by atoms with Gasteiger partial charge in [-0.3, -0.25) is 0 Å². The van der Waals surface area contributed by atoms with E-state index in [2.05, 4.69) is 0 Å². The Hall–Kier alpha value is -0.950. The Morgan fingerprint density at radius 2 is 0.935 bits per heavy atom. The lowest BCUT2D eigenvalue weighted by molar-refractivity contribution is -0.440. The van der Waals surface area contributed by atoms with Crippen LogP contribution in [0.25, 0.3) is 0 Å². The maximum Gasteiger partial charge on any atom is 0.460 e. The van der Waals surface area contributed by atoms with Crippen LogP contribution in [0.2, 0.25) is 0 Å². The predicted molar refractivity (Wildman–Crippen MR) is 84.0 cm³/mol. The van der Waals surface area contributed by atoms with Crippen LogP contribution >= 0.6 is 0 Å². The van der Waals surface area contributed by atoms with E-state index in [0.29, 0.717) is 12.8 Å². The molecule has 1 unspecified atom stereocenters. The summed E-state index contributed by atoms with van der Waals surface area (Å²) in [6.07, 6.45) is -8.65. The highest BCUT2D eigenvalue weighted by molar-refractivity contribution is 5.10. The molecule has 1 N–H and O–H groups in total. The number of unbranched alkanes of at least 4 members (excludes halogenated alkanes) is 6. The first-order valence-corrected chi connectivity index (χ1v) is 9.34. The van der Waals surface area contributed by atoms with Crippen molar-refractivity contribution in [3.05, 3.63) is 0 Å². The summed E-state index contributed by atoms with van der Waals surface area (Å²) in [5.41, 5.74) is 0. The van der Waals surface area contributed by atoms with Crippen LogP contribution in [-0.4, -0.2) is 47.0 Å². The van der Waals surface area contributed by atoms with E-state index in [1.165, 1.54) is 0 Å². The molecule has 188 valence electrons. The molecule has 0 aliphatic carbocycles. The number of hydrogen-bond donors (Lipinski definition) is 1. The van der Waals surface area contributed by atoms with Crippen molar-refractivity contribution in [2.24, 2.45) is 0 Å². The maximum atomic E-state index is 13.6. The zero-order valence-corrected chi connectivity index (χ0v) is 16.3. The third-order valence-electron chi connectivity index (χ3n) is 4.63. The second-order valence-electron chi connectivity index (χ2n) is 7.27. The summed E-state index contributed by atoms with van der Waals surface area (Å²) in [5.74, 6) is -37.0. The molecule has 31 heavy (non-hydrogen) atoms. The molecular weight excluding hydrogens is 467 g/mol. The molecule has 0 spiro atoms. The highest BCUT2D eigenvalue weighted by atomic mass is 19.4. The van der Waals surface area contributed by atoms with Gasteiger partial charge in [0.15, 0.2) is 0 Å². The smallest absolute Gasteiger partial charge is 0.393 e. The highest BCUT2D eigenvalue weighted by Crippen LogP contribution is 2.60. The Morgan fingerprint density at radius 3 is 1.35 bits per heavy atom. The average molecular weight is 490 g/mol. The average Bonchev–Trinajstić information content (AvgIpc) is 2.58. The third kappa shape index (κ3) is 6.31. The van der Waals surface area contributed by atoms with Gasteiger partial charge in [0, 0.05) is 6.42 Å². The van der Waals surface area contributed by atoms with Gasteiger partial charge in [-0.15, -0.1) is 0 Å². The number of halogens is 13. The van der Waals surface area contributed by atoms with Crippen molar-refractivity contribution in [1.82, 2.24) is 0 Å². The van der Waals surface area contributed by atoms with E-state index >= 15 is 0 Å². The lowest BCUT2D eigenvalue weighted by Crippen LogP contribution is -2.70. The highest BCUT2D eigenvalue weighted by Gasteiger charge is 2.90. The van der Waals surface area contributed by atoms with Crippen molar-refractivity contribution in [2.75, 3.05) is 0 Å². The largest absolute Gasteiger partial charge is 0.460 e. The van der Waals surface area contributed by atoms with Gasteiger partial charge in [-0.2, -0.15) is 57.1 Å². The lowest BCUT2D eigenvalue weighted by Gasteiger charge is -2.40. The van der Waals surface area contributed by atoms with E-state index in [1.807, 2.05) is 6.92 Å². The number of aliphatic hydroxyl groups is 1. The molecule has 14 heteroatoms. The van der Waals surface area contributed by atoms with Gasteiger partial charge in [0.1, 0.15) is 0 Å². The lowest BCUT2D eigenvalue weighted by atomic mass is 9.90. The van der Waals surface area contributed by atoms with E-state index in [-0.39, 0.29) is 6.42 Å². The van der Waals surface area contributed by atoms with Crippen molar-refractivity contribution in [2.45, 2.75) is 107 Å². The Bertz CT molecular complexity index is 543. The van der Waals surface area contributed by atoms with Crippen LogP contribution < -0.4 is 0 Å². The Kier molecular flexibility index (Phi) is 10.0. The molecule has 0 radical (unpaired) electrons. The van der Waals surface area contributed by atoms with Crippen LogP contribution in [0.4, 0.5) is 57.1 Å². The second kappa shape index (κ2) is 10.3. The van der Waals surface area contributed by atoms with E-state index in [9.17, 15) is 62.2 Å². The molecule has 0 aliphatic heterocycles. The van der Waals surface area contributed by atoms with E-state index in [4.69, 9.17) is 0 Å². The van der Waals surface area contributed by atoms with Gasteiger partial charge in [-0.1, -0.05) is 51.9 Å². The minimum Gasteiger partial charge on any atom is -0.393 e. The Balaban J connectivity index is 5.28. The van der Waals surface area contributed by atoms with Crippen molar-refractivity contribution >= 4 is 0 Å². The molecular formula is C17H23F13O. The summed E-state index contributed by atoms with van der Waals surface area (Å²) in [7, 11) is 0. The third-order valence-corrected chi connectivity index (χ3v) is 4.63. The summed E-state index contributed by atoms with van der Waals surface area (Å²) in [5, 5.41) is 9.37. The van der Waals surface area contributed by atoms with E-state index in [0.717, 1.165) is 25.7 Å².